The van der Waals surface area contributed by atoms with Crippen LogP contribution in [0.3, 0.4) is 0 Å². The van der Waals surface area contributed by atoms with Crippen molar-refractivity contribution in [2.24, 2.45) is 11.8 Å². The molecule has 3 heteroatoms. The van der Waals surface area contributed by atoms with E-state index in [1.165, 1.54) is 148 Å². The van der Waals surface area contributed by atoms with Gasteiger partial charge in [0.05, 0.1) is 0 Å². The Kier molecular flexibility index (Phi) is 29.4. The minimum Gasteiger partial charge on any atom is -0.481 e. The first kappa shape index (κ1) is 38.1. The third-order valence-corrected chi connectivity index (χ3v) is 8.49. The number of rotatable bonds is 32. The summed E-state index contributed by atoms with van der Waals surface area (Å²) in [6, 6.07) is 0. The van der Waals surface area contributed by atoms with E-state index in [0.717, 1.165) is 31.6 Å². The summed E-state index contributed by atoms with van der Waals surface area (Å²) < 4.78 is 0. The molecule has 0 rings (SSSR count). The quantitative estimate of drug-likeness (QED) is 0.0669. The van der Waals surface area contributed by atoms with Crippen molar-refractivity contribution < 1.29 is 14.7 Å². The van der Waals surface area contributed by atoms with Crippen LogP contribution >= 0.6 is 0 Å². The zero-order valence-electron chi connectivity index (χ0n) is 26.9. The van der Waals surface area contributed by atoms with Gasteiger partial charge in [-0.15, -0.1) is 0 Å². The third-order valence-electron chi connectivity index (χ3n) is 8.49. The van der Waals surface area contributed by atoms with Crippen LogP contribution in [0.1, 0.15) is 207 Å². The Morgan fingerprint density at radius 1 is 0.462 bits per heavy atom. The summed E-state index contributed by atoms with van der Waals surface area (Å²) in [4.78, 5) is 24.1. The molecule has 39 heavy (non-hydrogen) atoms. The van der Waals surface area contributed by atoms with E-state index in [4.69, 9.17) is 0 Å². The highest BCUT2D eigenvalue weighted by atomic mass is 16.4. The molecule has 0 aromatic heterocycles. The first-order chi connectivity index (χ1) is 19.0. The Balaban J connectivity index is 3.54. The molecule has 0 radical (unpaired) electrons. The SMILES string of the molecule is CCCCCCCCCCCCCCCCCC(=O)C(CCCCCCCCCCCCCC(C)C)C(=O)O. The van der Waals surface area contributed by atoms with Gasteiger partial charge in [0.25, 0.3) is 0 Å². The van der Waals surface area contributed by atoms with Gasteiger partial charge in [0.2, 0.25) is 0 Å². The number of hydrogen-bond acceptors (Lipinski definition) is 2. The van der Waals surface area contributed by atoms with Gasteiger partial charge in [-0.2, -0.15) is 0 Å². The van der Waals surface area contributed by atoms with E-state index in [0.29, 0.717) is 12.8 Å². The molecule has 1 N–H and O–H groups in total. The molecule has 3 nitrogen and oxygen atoms in total. The number of unbranched alkanes of at least 4 members (excludes halogenated alkanes) is 24. The summed E-state index contributed by atoms with van der Waals surface area (Å²) in [5, 5.41) is 9.55. The van der Waals surface area contributed by atoms with Gasteiger partial charge >= 0.3 is 5.97 Å². The first-order valence-electron chi connectivity index (χ1n) is 17.7. The number of hydrogen-bond donors (Lipinski definition) is 1. The lowest BCUT2D eigenvalue weighted by atomic mass is 9.93. The van der Waals surface area contributed by atoms with Gasteiger partial charge in [-0.25, -0.2) is 0 Å². The van der Waals surface area contributed by atoms with Crippen molar-refractivity contribution in [2.75, 3.05) is 0 Å². The summed E-state index contributed by atoms with van der Waals surface area (Å²) in [5.74, 6) is -0.875. The summed E-state index contributed by atoms with van der Waals surface area (Å²) in [6.45, 7) is 6.89. The zero-order chi connectivity index (χ0) is 28.8. The summed E-state index contributed by atoms with van der Waals surface area (Å²) in [6.07, 6.45) is 35.8. The maximum Gasteiger partial charge on any atom is 0.314 e. The van der Waals surface area contributed by atoms with Gasteiger partial charge in [0, 0.05) is 6.42 Å². The first-order valence-corrected chi connectivity index (χ1v) is 17.7. The number of carboxylic acid groups (broad SMARTS) is 1. The molecule has 0 saturated carbocycles. The van der Waals surface area contributed by atoms with Crippen molar-refractivity contribution in [3.8, 4) is 0 Å². The topological polar surface area (TPSA) is 54.4 Å². The van der Waals surface area contributed by atoms with E-state index in [1.54, 1.807) is 0 Å². The monoisotopic (exact) mass is 551 g/mol. The van der Waals surface area contributed by atoms with Crippen molar-refractivity contribution in [3.63, 3.8) is 0 Å². The van der Waals surface area contributed by atoms with Crippen LogP contribution in [0, 0.1) is 11.8 Å². The molecular weight excluding hydrogens is 480 g/mol. The predicted octanol–water partition coefficient (Wildman–Crippen LogP) is 12.2. The van der Waals surface area contributed by atoms with E-state index in [1.807, 2.05) is 0 Å². The molecule has 0 fully saturated rings. The fourth-order valence-electron chi connectivity index (χ4n) is 5.76. The van der Waals surface area contributed by atoms with Gasteiger partial charge in [-0.3, -0.25) is 9.59 Å². The molecule has 0 aliphatic rings. The standard InChI is InChI=1S/C36H70O3/c1-4-5-6-7-8-9-10-11-12-13-17-20-23-26-29-32-35(37)34(36(38)39)31-28-25-22-19-16-14-15-18-21-24-27-30-33(2)3/h33-34H,4-32H2,1-3H3,(H,38,39). The van der Waals surface area contributed by atoms with Crippen LogP contribution in [0.4, 0.5) is 0 Å². The van der Waals surface area contributed by atoms with Gasteiger partial charge in [-0.05, 0) is 18.8 Å². The molecule has 0 aromatic carbocycles. The predicted molar refractivity (Wildman–Crippen MR) is 171 cm³/mol. The van der Waals surface area contributed by atoms with E-state index in [-0.39, 0.29) is 5.78 Å². The Labute approximate surface area is 245 Å². The maximum absolute atomic E-state index is 12.5. The van der Waals surface area contributed by atoms with Gasteiger partial charge in [0.15, 0.2) is 0 Å². The number of aliphatic carboxylic acids is 1. The van der Waals surface area contributed by atoms with Gasteiger partial charge in [0.1, 0.15) is 11.7 Å². The van der Waals surface area contributed by atoms with E-state index < -0.39 is 11.9 Å². The molecule has 232 valence electrons. The van der Waals surface area contributed by atoms with Crippen LogP contribution in [0.15, 0.2) is 0 Å². The number of ketones is 1. The average molecular weight is 551 g/mol. The second-order valence-electron chi connectivity index (χ2n) is 12.9. The lowest BCUT2D eigenvalue weighted by Crippen LogP contribution is -2.23. The molecule has 0 heterocycles. The Hall–Kier alpha value is -0.860. The number of carboxylic acids is 1. The second kappa shape index (κ2) is 30.1. The highest BCUT2D eigenvalue weighted by molar-refractivity contribution is 5.98. The van der Waals surface area contributed by atoms with E-state index in [2.05, 4.69) is 20.8 Å². The van der Waals surface area contributed by atoms with Crippen LogP contribution < -0.4 is 0 Å². The third kappa shape index (κ3) is 28.5. The number of carbonyl (C=O) groups is 2. The lowest BCUT2D eigenvalue weighted by molar-refractivity contribution is -0.146. The molecule has 0 aliphatic carbocycles. The molecule has 0 bridgehead atoms. The lowest BCUT2D eigenvalue weighted by Gasteiger charge is -2.11. The Morgan fingerprint density at radius 3 is 1.10 bits per heavy atom. The minimum atomic E-state index is -0.908. The summed E-state index contributed by atoms with van der Waals surface area (Å²) in [5.41, 5.74) is 0. The second-order valence-corrected chi connectivity index (χ2v) is 12.9. The van der Waals surface area contributed by atoms with Crippen molar-refractivity contribution in [1.82, 2.24) is 0 Å². The van der Waals surface area contributed by atoms with Gasteiger partial charge in [-0.1, -0.05) is 188 Å². The molecular formula is C36H70O3. The number of Topliss-reactive ketones (excluding diaryl/α,β-unsaturated/α-hetero) is 1. The average Bonchev–Trinajstić information content (AvgIpc) is 2.90. The molecule has 0 saturated heterocycles. The highest BCUT2D eigenvalue weighted by Crippen LogP contribution is 2.19. The largest absolute Gasteiger partial charge is 0.481 e. The molecule has 0 spiro atoms. The van der Waals surface area contributed by atoms with Crippen LogP contribution in [-0.2, 0) is 9.59 Å². The fourth-order valence-corrected chi connectivity index (χ4v) is 5.76. The van der Waals surface area contributed by atoms with E-state index in [9.17, 15) is 14.7 Å². The molecule has 0 aliphatic heterocycles. The molecule has 1 unspecified atom stereocenters. The van der Waals surface area contributed by atoms with Gasteiger partial charge < -0.3 is 5.11 Å². The van der Waals surface area contributed by atoms with Crippen molar-refractivity contribution in [3.05, 3.63) is 0 Å². The fraction of sp³-hybridized carbons (Fsp3) is 0.944. The van der Waals surface area contributed by atoms with Crippen LogP contribution in [0.5, 0.6) is 0 Å². The summed E-state index contributed by atoms with van der Waals surface area (Å²) >= 11 is 0. The highest BCUT2D eigenvalue weighted by Gasteiger charge is 2.24. The number of carbonyl (C=O) groups excluding carboxylic acids is 1. The van der Waals surface area contributed by atoms with Crippen LogP contribution in [0.2, 0.25) is 0 Å². The summed E-state index contributed by atoms with van der Waals surface area (Å²) in [7, 11) is 0. The van der Waals surface area contributed by atoms with Crippen LogP contribution in [-0.4, -0.2) is 16.9 Å². The Bertz CT molecular complexity index is 527. The molecule has 0 amide bonds. The van der Waals surface area contributed by atoms with Crippen molar-refractivity contribution in [1.29, 1.82) is 0 Å². The van der Waals surface area contributed by atoms with Crippen molar-refractivity contribution >= 4 is 11.8 Å². The molecule has 1 atom stereocenters. The van der Waals surface area contributed by atoms with E-state index >= 15 is 0 Å². The minimum absolute atomic E-state index is 0.0365. The van der Waals surface area contributed by atoms with Crippen LogP contribution in [0.25, 0.3) is 0 Å². The molecule has 0 aromatic rings. The zero-order valence-corrected chi connectivity index (χ0v) is 26.9. The maximum atomic E-state index is 12.5. The Morgan fingerprint density at radius 2 is 0.769 bits per heavy atom. The normalized spacial score (nSPS) is 12.3. The smallest absolute Gasteiger partial charge is 0.314 e. The van der Waals surface area contributed by atoms with Crippen molar-refractivity contribution in [2.45, 2.75) is 207 Å².